The lowest BCUT2D eigenvalue weighted by atomic mass is 10.1. The first-order valence-electron chi connectivity index (χ1n) is 4.83. The Labute approximate surface area is 86.3 Å². The van der Waals surface area contributed by atoms with Crippen LogP contribution in [0.4, 0.5) is 10.1 Å². The van der Waals surface area contributed by atoms with Crippen molar-refractivity contribution in [3.63, 3.8) is 0 Å². The smallest absolute Gasteiger partial charge is 0.276 e. The van der Waals surface area contributed by atoms with Gasteiger partial charge in [0.05, 0.1) is 10.5 Å². The molecule has 0 bridgehead atoms. The Bertz CT molecular complexity index is 391. The lowest BCUT2D eigenvalue weighted by Crippen LogP contribution is -2.17. The first kappa shape index (κ1) is 10.0. The zero-order valence-electron chi connectivity index (χ0n) is 8.07. The number of rotatable bonds is 4. The van der Waals surface area contributed by atoms with Gasteiger partial charge in [-0.3, -0.25) is 10.1 Å². The van der Waals surface area contributed by atoms with E-state index >= 15 is 0 Å². The van der Waals surface area contributed by atoms with Crippen LogP contribution in [0.2, 0.25) is 0 Å². The highest BCUT2D eigenvalue weighted by Gasteiger charge is 2.23. The van der Waals surface area contributed by atoms with Gasteiger partial charge in [-0.1, -0.05) is 6.07 Å². The standard InChI is InChI=1S/C10H11FN2O2/c11-9-2-1-3-10(13(14)15)8(9)6-12-7-4-5-7/h1-3,7,12H,4-6H2. The third-order valence-corrected chi connectivity index (χ3v) is 2.44. The van der Waals surface area contributed by atoms with E-state index < -0.39 is 10.7 Å². The molecule has 0 saturated heterocycles. The van der Waals surface area contributed by atoms with Gasteiger partial charge in [-0.15, -0.1) is 0 Å². The summed E-state index contributed by atoms with van der Waals surface area (Å²) in [4.78, 5) is 10.1. The van der Waals surface area contributed by atoms with Crippen molar-refractivity contribution in [1.82, 2.24) is 5.32 Å². The van der Waals surface area contributed by atoms with Gasteiger partial charge in [-0.25, -0.2) is 4.39 Å². The van der Waals surface area contributed by atoms with E-state index in [1.807, 2.05) is 0 Å². The zero-order chi connectivity index (χ0) is 10.8. The quantitative estimate of drug-likeness (QED) is 0.610. The minimum Gasteiger partial charge on any atom is -0.310 e. The van der Waals surface area contributed by atoms with Crippen LogP contribution in [0.15, 0.2) is 18.2 Å². The molecule has 1 aromatic rings. The average Bonchev–Trinajstić information content (AvgIpc) is 2.99. The van der Waals surface area contributed by atoms with Gasteiger partial charge in [0, 0.05) is 18.7 Å². The number of hydrogen-bond donors (Lipinski definition) is 1. The molecule has 0 amide bonds. The average molecular weight is 210 g/mol. The van der Waals surface area contributed by atoms with Crippen LogP contribution in [0, 0.1) is 15.9 Å². The maximum atomic E-state index is 13.3. The molecular weight excluding hydrogens is 199 g/mol. The van der Waals surface area contributed by atoms with Crippen LogP contribution < -0.4 is 5.32 Å². The first-order chi connectivity index (χ1) is 7.18. The van der Waals surface area contributed by atoms with Crippen LogP contribution >= 0.6 is 0 Å². The molecule has 0 atom stereocenters. The van der Waals surface area contributed by atoms with Gasteiger partial charge in [0.1, 0.15) is 5.82 Å². The summed E-state index contributed by atoms with van der Waals surface area (Å²) in [7, 11) is 0. The highest BCUT2D eigenvalue weighted by atomic mass is 19.1. The topological polar surface area (TPSA) is 55.2 Å². The molecule has 0 aromatic heterocycles. The van der Waals surface area contributed by atoms with Crippen LogP contribution in [-0.2, 0) is 6.54 Å². The molecule has 15 heavy (non-hydrogen) atoms. The number of nitro benzene ring substituents is 1. The van der Waals surface area contributed by atoms with Crippen molar-refractivity contribution in [1.29, 1.82) is 0 Å². The van der Waals surface area contributed by atoms with Crippen molar-refractivity contribution >= 4 is 5.69 Å². The molecule has 0 radical (unpaired) electrons. The minimum absolute atomic E-state index is 0.148. The second-order valence-electron chi connectivity index (χ2n) is 3.65. The summed E-state index contributed by atoms with van der Waals surface area (Å²) in [6.07, 6.45) is 2.14. The van der Waals surface area contributed by atoms with Crippen LogP contribution in [0.1, 0.15) is 18.4 Å². The molecule has 1 fully saturated rings. The van der Waals surface area contributed by atoms with Crippen molar-refractivity contribution in [2.75, 3.05) is 0 Å². The van der Waals surface area contributed by atoms with Crippen LogP contribution in [0.3, 0.4) is 0 Å². The predicted octanol–water partition coefficient (Wildman–Crippen LogP) is 1.99. The molecule has 1 N–H and O–H groups in total. The van der Waals surface area contributed by atoms with E-state index in [0.29, 0.717) is 6.04 Å². The summed E-state index contributed by atoms with van der Waals surface area (Å²) in [5, 5.41) is 13.7. The van der Waals surface area contributed by atoms with E-state index in [0.717, 1.165) is 12.8 Å². The van der Waals surface area contributed by atoms with Crippen molar-refractivity contribution in [3.8, 4) is 0 Å². The number of nitrogens with one attached hydrogen (secondary N) is 1. The van der Waals surface area contributed by atoms with Gasteiger partial charge in [0.15, 0.2) is 0 Å². The SMILES string of the molecule is O=[N+]([O-])c1cccc(F)c1CNC1CC1. The Morgan fingerprint density at radius 2 is 2.27 bits per heavy atom. The number of benzene rings is 1. The Morgan fingerprint density at radius 1 is 1.53 bits per heavy atom. The van der Waals surface area contributed by atoms with Gasteiger partial charge >= 0.3 is 0 Å². The van der Waals surface area contributed by atoms with E-state index in [1.54, 1.807) is 0 Å². The Hall–Kier alpha value is -1.49. The van der Waals surface area contributed by atoms with E-state index in [4.69, 9.17) is 0 Å². The second kappa shape index (κ2) is 3.94. The van der Waals surface area contributed by atoms with Gasteiger partial charge in [0.25, 0.3) is 5.69 Å². The Kier molecular flexibility index (Phi) is 2.64. The maximum Gasteiger partial charge on any atom is 0.276 e. The van der Waals surface area contributed by atoms with Crippen LogP contribution in [0.25, 0.3) is 0 Å². The molecule has 80 valence electrons. The van der Waals surface area contributed by atoms with E-state index in [-0.39, 0.29) is 17.8 Å². The number of hydrogen-bond acceptors (Lipinski definition) is 3. The third-order valence-electron chi connectivity index (χ3n) is 2.44. The number of nitrogens with zero attached hydrogens (tertiary/aromatic N) is 1. The molecule has 1 aromatic carbocycles. The summed E-state index contributed by atoms with van der Waals surface area (Å²) >= 11 is 0. The molecule has 1 aliphatic carbocycles. The van der Waals surface area contributed by atoms with Gasteiger partial charge in [-0.05, 0) is 18.9 Å². The summed E-state index contributed by atoms with van der Waals surface area (Å²) in [6, 6.07) is 4.34. The van der Waals surface area contributed by atoms with Crippen molar-refractivity contribution in [3.05, 3.63) is 39.7 Å². The molecule has 0 heterocycles. The lowest BCUT2D eigenvalue weighted by Gasteiger charge is -2.05. The second-order valence-corrected chi connectivity index (χ2v) is 3.65. The van der Waals surface area contributed by atoms with E-state index in [1.165, 1.54) is 18.2 Å². The van der Waals surface area contributed by atoms with Crippen molar-refractivity contribution < 1.29 is 9.31 Å². The molecular formula is C10H11FN2O2. The zero-order valence-corrected chi connectivity index (χ0v) is 8.07. The molecule has 2 rings (SSSR count). The summed E-state index contributed by atoms with van der Waals surface area (Å²) in [6.45, 7) is 0.230. The lowest BCUT2D eigenvalue weighted by molar-refractivity contribution is -0.385. The fraction of sp³-hybridized carbons (Fsp3) is 0.400. The predicted molar refractivity (Wildman–Crippen MR) is 52.9 cm³/mol. The highest BCUT2D eigenvalue weighted by molar-refractivity contribution is 5.40. The van der Waals surface area contributed by atoms with E-state index in [9.17, 15) is 14.5 Å². The minimum atomic E-state index is -0.549. The summed E-state index contributed by atoms with van der Waals surface area (Å²) in [5.74, 6) is -0.516. The molecule has 0 aliphatic heterocycles. The molecule has 1 saturated carbocycles. The normalized spacial score (nSPS) is 15.3. The highest BCUT2D eigenvalue weighted by Crippen LogP contribution is 2.24. The molecule has 0 unspecified atom stereocenters. The van der Waals surface area contributed by atoms with Crippen LogP contribution in [-0.4, -0.2) is 11.0 Å². The Balaban J connectivity index is 2.20. The van der Waals surface area contributed by atoms with Gasteiger partial charge in [-0.2, -0.15) is 0 Å². The van der Waals surface area contributed by atoms with Gasteiger partial charge < -0.3 is 5.32 Å². The fourth-order valence-corrected chi connectivity index (χ4v) is 1.43. The third kappa shape index (κ3) is 2.30. The fourth-order valence-electron chi connectivity index (χ4n) is 1.43. The van der Waals surface area contributed by atoms with E-state index in [2.05, 4.69) is 5.32 Å². The Morgan fingerprint density at radius 3 is 2.87 bits per heavy atom. The molecule has 1 aliphatic rings. The molecule has 0 spiro atoms. The first-order valence-corrected chi connectivity index (χ1v) is 4.83. The van der Waals surface area contributed by atoms with Crippen molar-refractivity contribution in [2.24, 2.45) is 0 Å². The van der Waals surface area contributed by atoms with Crippen molar-refractivity contribution in [2.45, 2.75) is 25.4 Å². The summed E-state index contributed by atoms with van der Waals surface area (Å²) < 4.78 is 13.3. The molecule has 5 heteroatoms. The largest absolute Gasteiger partial charge is 0.310 e. The number of nitro groups is 1. The van der Waals surface area contributed by atoms with Gasteiger partial charge in [0.2, 0.25) is 0 Å². The monoisotopic (exact) mass is 210 g/mol. The maximum absolute atomic E-state index is 13.3. The number of halogens is 1. The molecule has 4 nitrogen and oxygen atoms in total. The summed E-state index contributed by atoms with van der Waals surface area (Å²) in [5.41, 5.74) is -0.00227. The van der Waals surface area contributed by atoms with Crippen LogP contribution in [0.5, 0.6) is 0 Å².